The molecular weight excluding hydrogens is 601 g/mol. The van der Waals surface area contributed by atoms with Gasteiger partial charge in [0.25, 0.3) is 0 Å². The number of nitrogens with one attached hydrogen (secondary N) is 2. The largest absolute Gasteiger partial charge is 0.362 e. The van der Waals surface area contributed by atoms with E-state index >= 15 is 0 Å². The van der Waals surface area contributed by atoms with E-state index in [0.29, 0.717) is 13.1 Å². The van der Waals surface area contributed by atoms with Crippen LogP contribution in [0.25, 0.3) is 0 Å². The van der Waals surface area contributed by atoms with Gasteiger partial charge in [0.2, 0.25) is 5.91 Å². The van der Waals surface area contributed by atoms with Gasteiger partial charge in [-0.05, 0) is 48.1 Å². The molecule has 0 saturated carbocycles. The van der Waals surface area contributed by atoms with Crippen molar-refractivity contribution in [2.45, 2.75) is 31.0 Å². The van der Waals surface area contributed by atoms with Crippen LogP contribution in [0.3, 0.4) is 0 Å². The number of carbonyl (C=O) groups is 2. The summed E-state index contributed by atoms with van der Waals surface area (Å²) in [6, 6.07) is 30.2. The van der Waals surface area contributed by atoms with Crippen LogP contribution in [0, 0.1) is 0 Å². The van der Waals surface area contributed by atoms with Gasteiger partial charge in [0.1, 0.15) is 6.17 Å². The summed E-state index contributed by atoms with van der Waals surface area (Å²) in [4.78, 5) is 28.7. The molecule has 0 aliphatic carbocycles. The van der Waals surface area contributed by atoms with Crippen molar-refractivity contribution in [3.8, 4) is 0 Å². The molecule has 0 bridgehead atoms. The Kier molecular flexibility index (Phi) is 9.90. The second kappa shape index (κ2) is 13.6. The van der Waals surface area contributed by atoms with E-state index < -0.39 is 36.9 Å². The molecule has 2 aliphatic heterocycles. The minimum atomic E-state index is -3.59. The molecule has 3 aromatic carbocycles. The lowest BCUT2D eigenvalue weighted by molar-refractivity contribution is -0.152. The van der Waals surface area contributed by atoms with Crippen LogP contribution in [0.15, 0.2) is 103 Å². The number of benzene rings is 3. The zero-order valence-electron chi connectivity index (χ0n) is 24.9. The summed E-state index contributed by atoms with van der Waals surface area (Å²) in [5.41, 5.74) is 2.28. The summed E-state index contributed by atoms with van der Waals surface area (Å²) in [6.07, 6.45) is 1.28. The number of amides is 3. The molecule has 10 nitrogen and oxygen atoms in total. The van der Waals surface area contributed by atoms with Crippen LogP contribution in [0.4, 0.5) is 4.79 Å². The predicted molar refractivity (Wildman–Crippen MR) is 170 cm³/mol. The number of carbonyl (C=O) groups excluding carboxylic acids is 2. The van der Waals surface area contributed by atoms with Gasteiger partial charge in [0, 0.05) is 26.2 Å². The third-order valence-electron chi connectivity index (χ3n) is 7.72. The fourth-order valence-corrected chi connectivity index (χ4v) is 6.50. The molecular formula is C32H37ClN5O5P. The maximum absolute atomic E-state index is 13.4. The molecule has 1 saturated heterocycles. The van der Waals surface area contributed by atoms with E-state index in [9.17, 15) is 14.2 Å². The molecule has 0 spiro atoms. The molecule has 2 aliphatic rings. The van der Waals surface area contributed by atoms with Crippen LogP contribution >= 0.6 is 18.1 Å². The quantitative estimate of drug-likeness (QED) is 0.240. The summed E-state index contributed by atoms with van der Waals surface area (Å²) in [5.74, 6) is -0.268. The summed E-state index contributed by atoms with van der Waals surface area (Å²) in [7, 11) is 3.18. The van der Waals surface area contributed by atoms with E-state index in [4.69, 9.17) is 20.5 Å². The van der Waals surface area contributed by atoms with Crippen LogP contribution in [-0.4, -0.2) is 78.7 Å². The third-order valence-corrected chi connectivity index (χ3v) is 10.3. The fourth-order valence-electron chi connectivity index (χ4n) is 5.74. The van der Waals surface area contributed by atoms with Crippen molar-refractivity contribution in [3.05, 3.63) is 120 Å². The van der Waals surface area contributed by atoms with Crippen molar-refractivity contribution in [1.29, 1.82) is 0 Å². The molecule has 2 N–H and O–H groups in total. The van der Waals surface area contributed by atoms with E-state index in [0.717, 1.165) is 16.7 Å². The van der Waals surface area contributed by atoms with Gasteiger partial charge >= 0.3 is 12.9 Å². The molecule has 1 fully saturated rings. The molecule has 12 heteroatoms. The Hall–Kier alpha value is -3.50. The zero-order valence-corrected chi connectivity index (χ0v) is 26.5. The number of halogens is 1. The Bertz CT molecular complexity index is 1410. The highest BCUT2D eigenvalue weighted by Gasteiger charge is 2.48. The number of morpholine rings is 1. The molecule has 2 unspecified atom stereocenters. The lowest BCUT2D eigenvalue weighted by atomic mass is 9.75. The lowest BCUT2D eigenvalue weighted by Gasteiger charge is -2.52. The molecule has 232 valence electrons. The van der Waals surface area contributed by atoms with Crippen molar-refractivity contribution >= 4 is 30.1 Å². The van der Waals surface area contributed by atoms with Crippen molar-refractivity contribution < 1.29 is 23.4 Å². The highest BCUT2D eigenvalue weighted by Crippen LogP contribution is 2.54. The number of nitrogens with zero attached hydrogens (tertiary/aromatic N) is 3. The third kappa shape index (κ3) is 6.76. The maximum Gasteiger partial charge on any atom is 0.362 e. The van der Waals surface area contributed by atoms with Crippen molar-refractivity contribution in [3.63, 3.8) is 0 Å². The van der Waals surface area contributed by atoms with E-state index in [1.165, 1.54) is 16.5 Å². The molecule has 3 amide bonds. The summed E-state index contributed by atoms with van der Waals surface area (Å²) >= 11 is 6.24. The standard InChI is InChI=1S/C32H37ClN5O5P/c1-24(39)34-29-19-20-38(31(40)35-29)30-22-37(21-28(43-30)23-42-44(33,41)36(2)3)32(25-13-7-4-8-14-25,26-15-9-5-10-16-26)27-17-11-6-12-18-27/h4-20,28-30H,21-23H2,1-3H3,(H,34,39)(H,35,40)/t28-,29?,30?,44+/m0/s1. The Morgan fingerprint density at radius 3 is 1.98 bits per heavy atom. The van der Waals surface area contributed by atoms with Crippen molar-refractivity contribution in [2.24, 2.45) is 0 Å². The number of hydrogen-bond acceptors (Lipinski definition) is 6. The summed E-state index contributed by atoms with van der Waals surface area (Å²) in [6.45, 7) is -1.60. The Balaban J connectivity index is 1.62. The Labute approximate surface area is 262 Å². The van der Waals surface area contributed by atoms with Gasteiger partial charge in [-0.1, -0.05) is 91.0 Å². The lowest BCUT2D eigenvalue weighted by Crippen LogP contribution is -2.64. The van der Waals surface area contributed by atoms with Gasteiger partial charge in [-0.3, -0.25) is 19.2 Å². The monoisotopic (exact) mass is 637 g/mol. The van der Waals surface area contributed by atoms with Crippen LogP contribution in [0.5, 0.6) is 0 Å². The first-order valence-electron chi connectivity index (χ1n) is 14.3. The SMILES string of the molecule is CC(=O)NC1C=CN(C2CN(C(c3ccccc3)(c3ccccc3)c3ccccc3)C[C@@H](CO[P@](=O)(Cl)N(C)C)O2)C(=O)N1. The minimum absolute atomic E-state index is 0.0753. The van der Waals surface area contributed by atoms with Crippen molar-refractivity contribution in [1.82, 2.24) is 25.1 Å². The maximum atomic E-state index is 13.4. The summed E-state index contributed by atoms with van der Waals surface area (Å²) < 4.78 is 26.5. The molecule has 5 rings (SSSR count). The predicted octanol–water partition coefficient (Wildman–Crippen LogP) is 4.93. The highest BCUT2D eigenvalue weighted by molar-refractivity contribution is 7.83. The molecule has 4 atom stereocenters. The van der Waals surface area contributed by atoms with E-state index in [2.05, 4.69) is 51.9 Å². The molecule has 0 aromatic heterocycles. The molecule has 2 heterocycles. The van der Waals surface area contributed by atoms with E-state index in [1.807, 2.05) is 54.6 Å². The molecule has 3 aromatic rings. The van der Waals surface area contributed by atoms with Crippen LogP contribution < -0.4 is 10.6 Å². The van der Waals surface area contributed by atoms with Gasteiger partial charge in [0.15, 0.2) is 6.23 Å². The Morgan fingerprint density at radius 1 is 1.00 bits per heavy atom. The van der Waals surface area contributed by atoms with E-state index in [1.54, 1.807) is 26.4 Å². The number of hydrogen-bond donors (Lipinski definition) is 2. The first kappa shape index (κ1) is 31.9. The normalized spacial score (nSPS) is 22.3. The summed E-state index contributed by atoms with van der Waals surface area (Å²) in [5, 5.41) is 5.48. The van der Waals surface area contributed by atoms with Crippen LogP contribution in [-0.2, 0) is 24.2 Å². The van der Waals surface area contributed by atoms with E-state index in [-0.39, 0.29) is 12.5 Å². The molecule has 0 radical (unpaired) electrons. The average Bonchev–Trinajstić information content (AvgIpc) is 3.02. The number of ether oxygens (including phenoxy) is 1. The Morgan fingerprint density at radius 2 is 1.52 bits per heavy atom. The van der Waals surface area contributed by atoms with Crippen LogP contribution in [0.2, 0.25) is 0 Å². The van der Waals surface area contributed by atoms with Crippen LogP contribution in [0.1, 0.15) is 23.6 Å². The average molecular weight is 638 g/mol. The topological polar surface area (TPSA) is 103 Å². The fraction of sp³-hybridized carbons (Fsp3) is 0.312. The second-order valence-corrected chi connectivity index (χ2v) is 14.1. The van der Waals surface area contributed by atoms with Gasteiger partial charge in [0.05, 0.1) is 18.2 Å². The number of urea groups is 1. The smallest absolute Gasteiger partial charge is 0.350 e. The zero-order chi connectivity index (χ0) is 31.3. The number of rotatable bonds is 10. The first-order valence-corrected chi connectivity index (χ1v) is 16.8. The van der Waals surface area contributed by atoms with Crippen molar-refractivity contribution in [2.75, 3.05) is 33.8 Å². The van der Waals surface area contributed by atoms with Gasteiger partial charge in [-0.15, -0.1) is 0 Å². The van der Waals surface area contributed by atoms with Gasteiger partial charge in [-0.2, -0.15) is 0 Å². The van der Waals surface area contributed by atoms with Gasteiger partial charge in [-0.25, -0.2) is 9.46 Å². The van der Waals surface area contributed by atoms with Gasteiger partial charge < -0.3 is 19.9 Å². The minimum Gasteiger partial charge on any atom is -0.350 e. The molecule has 44 heavy (non-hydrogen) atoms. The highest BCUT2D eigenvalue weighted by atomic mass is 35.7. The second-order valence-electron chi connectivity index (χ2n) is 10.9. The first-order chi connectivity index (χ1) is 21.1.